The number of hydrogen-bond donors (Lipinski definition) is 2. The molecule has 9 nitrogen and oxygen atoms in total. The molecule has 2 aliphatic heterocycles. The van der Waals surface area contributed by atoms with E-state index in [1.807, 2.05) is 30.3 Å². The molecule has 0 radical (unpaired) electrons. The van der Waals surface area contributed by atoms with Crippen molar-refractivity contribution in [2.45, 2.75) is 62.5 Å². The number of benzene rings is 1. The van der Waals surface area contributed by atoms with Gasteiger partial charge < -0.3 is 43.4 Å². The van der Waals surface area contributed by atoms with E-state index in [2.05, 4.69) is 0 Å². The van der Waals surface area contributed by atoms with Crippen LogP contribution in [0, 0.1) is 0 Å². The number of methoxy groups -OCH3 is 2. The van der Waals surface area contributed by atoms with Gasteiger partial charge in [0.25, 0.3) is 0 Å². The molecule has 1 aromatic rings. The third-order valence-electron chi connectivity index (χ3n) is 5.40. The maximum atomic E-state index is 11.2. The van der Waals surface area contributed by atoms with Crippen molar-refractivity contribution < 1.29 is 43.4 Å². The van der Waals surface area contributed by atoms with Crippen LogP contribution < -0.4 is 0 Å². The topological polar surface area (TPSA) is 105 Å². The molecule has 0 aliphatic carbocycles. The summed E-state index contributed by atoms with van der Waals surface area (Å²) >= 11 is 0. The SMILES string of the molecule is COCO[C@H]1[C@@H](OC)OC(CO)(C(O)[C@H]2COC(C)(C)O2)[C@@H]1OCc1ccccc1. The van der Waals surface area contributed by atoms with Crippen LogP contribution in [0.15, 0.2) is 30.3 Å². The van der Waals surface area contributed by atoms with Crippen molar-refractivity contribution in [1.29, 1.82) is 0 Å². The van der Waals surface area contributed by atoms with Gasteiger partial charge in [0, 0.05) is 14.2 Å². The Kier molecular flexibility index (Phi) is 7.83. The van der Waals surface area contributed by atoms with Crippen molar-refractivity contribution in [2.24, 2.45) is 0 Å². The minimum atomic E-state index is -1.55. The first-order chi connectivity index (χ1) is 14.4. The Bertz CT molecular complexity index is 655. The predicted octanol–water partition coefficient (Wildman–Crippen LogP) is 0.807. The molecule has 3 rings (SSSR count). The molecule has 2 fully saturated rings. The van der Waals surface area contributed by atoms with Crippen LogP contribution in [-0.4, -0.2) is 86.5 Å². The summed E-state index contributed by atoms with van der Waals surface area (Å²) in [5, 5.41) is 21.6. The second kappa shape index (κ2) is 9.99. The number of aliphatic hydroxyl groups excluding tert-OH is 2. The average Bonchev–Trinajstić information content (AvgIpc) is 3.27. The van der Waals surface area contributed by atoms with Gasteiger partial charge in [-0.15, -0.1) is 0 Å². The normalized spacial score (nSPS) is 34.3. The molecule has 2 unspecified atom stereocenters. The molecule has 2 aliphatic rings. The van der Waals surface area contributed by atoms with Gasteiger partial charge in [-0.05, 0) is 19.4 Å². The fourth-order valence-electron chi connectivity index (χ4n) is 3.91. The van der Waals surface area contributed by atoms with Crippen molar-refractivity contribution in [2.75, 3.05) is 34.2 Å². The summed E-state index contributed by atoms with van der Waals surface area (Å²) in [7, 11) is 2.96. The van der Waals surface area contributed by atoms with Gasteiger partial charge in [0.2, 0.25) is 0 Å². The molecule has 2 heterocycles. The zero-order chi connectivity index (χ0) is 21.8. The Morgan fingerprint density at radius 2 is 1.87 bits per heavy atom. The number of aliphatic hydroxyl groups is 2. The Morgan fingerprint density at radius 1 is 1.13 bits per heavy atom. The Hall–Kier alpha value is -1.14. The van der Waals surface area contributed by atoms with E-state index in [1.54, 1.807) is 13.8 Å². The molecule has 6 atom stereocenters. The van der Waals surface area contributed by atoms with Gasteiger partial charge in [0.05, 0.1) is 19.8 Å². The van der Waals surface area contributed by atoms with Crippen LogP contribution in [0.3, 0.4) is 0 Å². The van der Waals surface area contributed by atoms with Crippen molar-refractivity contribution in [1.82, 2.24) is 0 Å². The van der Waals surface area contributed by atoms with Crippen LogP contribution in [0.1, 0.15) is 19.4 Å². The van der Waals surface area contributed by atoms with Crippen molar-refractivity contribution in [3.8, 4) is 0 Å². The summed E-state index contributed by atoms with van der Waals surface area (Å²) in [6.45, 7) is 3.30. The first kappa shape index (κ1) is 23.5. The van der Waals surface area contributed by atoms with Crippen LogP contribution in [0.25, 0.3) is 0 Å². The zero-order valence-corrected chi connectivity index (χ0v) is 17.9. The molecule has 2 saturated heterocycles. The molecule has 170 valence electrons. The molecule has 30 heavy (non-hydrogen) atoms. The quantitative estimate of drug-likeness (QED) is 0.524. The van der Waals surface area contributed by atoms with Crippen molar-refractivity contribution >= 4 is 0 Å². The Balaban J connectivity index is 1.88. The Morgan fingerprint density at radius 3 is 2.43 bits per heavy atom. The lowest BCUT2D eigenvalue weighted by Crippen LogP contribution is -2.60. The average molecular weight is 428 g/mol. The molecule has 2 N–H and O–H groups in total. The maximum absolute atomic E-state index is 11.2. The molecule has 0 saturated carbocycles. The van der Waals surface area contributed by atoms with Gasteiger partial charge in [-0.3, -0.25) is 0 Å². The minimum Gasteiger partial charge on any atom is -0.393 e. The van der Waals surface area contributed by atoms with Crippen LogP contribution >= 0.6 is 0 Å². The molecule has 0 amide bonds. The van der Waals surface area contributed by atoms with Gasteiger partial charge in [0.1, 0.15) is 31.2 Å². The first-order valence-corrected chi connectivity index (χ1v) is 9.94. The second-order valence-corrected chi connectivity index (χ2v) is 7.90. The summed E-state index contributed by atoms with van der Waals surface area (Å²) in [6.07, 6.45) is -4.51. The van der Waals surface area contributed by atoms with Crippen molar-refractivity contribution in [3.05, 3.63) is 35.9 Å². The van der Waals surface area contributed by atoms with Gasteiger partial charge in [0.15, 0.2) is 17.7 Å². The fourth-order valence-corrected chi connectivity index (χ4v) is 3.91. The van der Waals surface area contributed by atoms with Gasteiger partial charge >= 0.3 is 0 Å². The van der Waals surface area contributed by atoms with Gasteiger partial charge in [-0.25, -0.2) is 0 Å². The smallest absolute Gasteiger partial charge is 0.187 e. The second-order valence-electron chi connectivity index (χ2n) is 7.90. The number of ether oxygens (including phenoxy) is 7. The van der Waals surface area contributed by atoms with Crippen LogP contribution in [0.5, 0.6) is 0 Å². The summed E-state index contributed by atoms with van der Waals surface area (Å²) in [5.74, 6) is -0.853. The predicted molar refractivity (Wildman–Crippen MR) is 104 cm³/mol. The third-order valence-corrected chi connectivity index (χ3v) is 5.40. The summed E-state index contributed by atoms with van der Waals surface area (Å²) in [6, 6.07) is 9.56. The summed E-state index contributed by atoms with van der Waals surface area (Å²) < 4.78 is 39.9. The van der Waals surface area contributed by atoms with E-state index in [0.29, 0.717) is 0 Å². The third kappa shape index (κ3) is 4.85. The highest BCUT2D eigenvalue weighted by molar-refractivity contribution is 5.14. The lowest BCUT2D eigenvalue weighted by atomic mass is 9.86. The van der Waals surface area contributed by atoms with Gasteiger partial charge in [-0.2, -0.15) is 0 Å². The standard InChI is InChI=1S/C21H32O9/c1-20(2)28-11-15(29-20)17(23)21(12-22)18(26-10-14-8-6-5-7-9-14)16(27-13-24-3)19(25-4)30-21/h5-9,15-19,22-23H,10-13H2,1-4H3/t15-,16-,17?,18-,19+,21?/m1/s1. The van der Waals surface area contributed by atoms with Crippen molar-refractivity contribution in [3.63, 3.8) is 0 Å². The Labute approximate surface area is 176 Å². The zero-order valence-electron chi connectivity index (χ0n) is 17.9. The van der Waals surface area contributed by atoms with E-state index in [4.69, 9.17) is 33.2 Å². The van der Waals surface area contributed by atoms with E-state index in [1.165, 1.54) is 14.2 Å². The highest BCUT2D eigenvalue weighted by atomic mass is 16.8. The van der Waals surface area contributed by atoms with E-state index in [9.17, 15) is 10.2 Å². The minimum absolute atomic E-state index is 0.0350. The lowest BCUT2D eigenvalue weighted by Gasteiger charge is -2.39. The molecule has 0 aromatic heterocycles. The molecule has 0 spiro atoms. The van der Waals surface area contributed by atoms with E-state index >= 15 is 0 Å². The van der Waals surface area contributed by atoms with Gasteiger partial charge in [-0.1, -0.05) is 30.3 Å². The van der Waals surface area contributed by atoms with E-state index in [-0.39, 0.29) is 20.0 Å². The molecular weight excluding hydrogens is 396 g/mol. The summed E-state index contributed by atoms with van der Waals surface area (Å²) in [5.41, 5.74) is -0.630. The molecule has 1 aromatic carbocycles. The van der Waals surface area contributed by atoms with Crippen LogP contribution in [0.4, 0.5) is 0 Å². The highest BCUT2D eigenvalue weighted by Crippen LogP contribution is 2.41. The van der Waals surface area contributed by atoms with Crippen LogP contribution in [-0.2, 0) is 39.8 Å². The first-order valence-electron chi connectivity index (χ1n) is 9.94. The number of hydrogen-bond acceptors (Lipinski definition) is 9. The van der Waals surface area contributed by atoms with Crippen LogP contribution in [0.2, 0.25) is 0 Å². The fraction of sp³-hybridized carbons (Fsp3) is 0.714. The van der Waals surface area contributed by atoms with E-state index < -0.39 is 48.7 Å². The largest absolute Gasteiger partial charge is 0.393 e. The van der Waals surface area contributed by atoms with E-state index in [0.717, 1.165) is 5.56 Å². The molecular formula is C21H32O9. The summed E-state index contributed by atoms with van der Waals surface area (Å²) in [4.78, 5) is 0. The lowest BCUT2D eigenvalue weighted by molar-refractivity contribution is -0.246. The monoisotopic (exact) mass is 428 g/mol. The highest BCUT2D eigenvalue weighted by Gasteiger charge is 2.63. The maximum Gasteiger partial charge on any atom is 0.187 e. The number of rotatable bonds is 10. The molecule has 9 heteroatoms. The molecule has 0 bridgehead atoms.